The standard InChI is InChI=1S/C47H72N10O17S/c1-22(2)17-30(42(68)54-33(20-37(63)64)44(70)57-38(24(5)58)46(72)55-31(18-23(3)4)41(67)51-29(47(73)74)13-15-36(61)62)52-43(69)32(19-25-8-10-26(59)11-9-25)53-40(66)28(12-14-35(48)60)50-45(71)34(21-75)56-39(65)27-7-6-16-49-27/h8-11,22-24,27-34,38,49,58-59,75H,6-7,12-21H2,1-5H3,(H2,48,60)(H,50,71)(H,51,67)(H,52,69)(H,53,66)(H,54,68)(H,55,72)(H,56,65)(H,57,70)(H,61,62)(H,63,64)(H,73,74)/t24-,27+,28+,29+,30+,31+,32+,33+,34+,38+/m1/s1. The average Bonchev–Trinajstić information content (AvgIpc) is 3.87. The Labute approximate surface area is 438 Å². The predicted octanol–water partition coefficient (Wildman–Crippen LogP) is -3.34. The van der Waals surface area contributed by atoms with Gasteiger partial charge in [0.25, 0.3) is 0 Å². The van der Waals surface area contributed by atoms with Crippen molar-refractivity contribution in [2.45, 2.75) is 159 Å². The van der Waals surface area contributed by atoms with E-state index in [1.165, 1.54) is 24.3 Å². The summed E-state index contributed by atoms with van der Waals surface area (Å²) in [5.41, 5.74) is 5.75. The summed E-state index contributed by atoms with van der Waals surface area (Å²) in [6.07, 6.45) is -4.03. The minimum atomic E-state index is -1.99. The number of carboxylic acid groups (broad SMARTS) is 3. The summed E-state index contributed by atoms with van der Waals surface area (Å²) in [7, 11) is 0. The normalized spacial score (nSPS) is 16.7. The van der Waals surface area contributed by atoms with Crippen LogP contribution in [0.2, 0.25) is 0 Å². The van der Waals surface area contributed by atoms with E-state index in [1.54, 1.807) is 27.7 Å². The monoisotopic (exact) mass is 1080 g/mol. The minimum absolute atomic E-state index is 0.105. The Kier molecular flexibility index (Phi) is 27.0. The molecular formula is C47H72N10O17S. The number of phenolic OH excluding ortho intramolecular Hbond substituents is 1. The van der Waals surface area contributed by atoms with Crippen molar-refractivity contribution in [2.75, 3.05) is 12.3 Å². The van der Waals surface area contributed by atoms with Gasteiger partial charge in [0.2, 0.25) is 53.2 Å². The molecule has 0 radical (unpaired) electrons. The summed E-state index contributed by atoms with van der Waals surface area (Å²) in [5, 5.41) is 71.0. The molecule has 0 saturated carbocycles. The third-order valence-electron chi connectivity index (χ3n) is 11.5. The number of aliphatic hydroxyl groups excluding tert-OH is 1. The molecule has 16 N–H and O–H groups in total. The zero-order chi connectivity index (χ0) is 56.7. The summed E-state index contributed by atoms with van der Waals surface area (Å²) in [6.45, 7) is 8.31. The smallest absolute Gasteiger partial charge is 0.326 e. The van der Waals surface area contributed by atoms with E-state index in [0.29, 0.717) is 18.5 Å². The number of phenols is 1. The van der Waals surface area contributed by atoms with Gasteiger partial charge in [-0.05, 0) is 81.5 Å². The highest BCUT2D eigenvalue weighted by atomic mass is 32.1. The van der Waals surface area contributed by atoms with Crippen LogP contribution < -0.4 is 53.6 Å². The molecule has 10 atom stereocenters. The number of rotatable bonds is 33. The van der Waals surface area contributed by atoms with Crippen LogP contribution in [0.3, 0.4) is 0 Å². The fraction of sp³-hybridized carbons (Fsp3) is 0.617. The van der Waals surface area contributed by atoms with Crippen molar-refractivity contribution in [3.05, 3.63) is 29.8 Å². The summed E-state index contributed by atoms with van der Waals surface area (Å²) < 4.78 is 0. The molecule has 1 saturated heterocycles. The summed E-state index contributed by atoms with van der Waals surface area (Å²) >= 11 is 4.18. The maximum atomic E-state index is 14.3. The fourth-order valence-corrected chi connectivity index (χ4v) is 7.86. The van der Waals surface area contributed by atoms with Crippen LogP contribution in [0.4, 0.5) is 0 Å². The quantitative estimate of drug-likeness (QED) is 0.0306. The van der Waals surface area contributed by atoms with Gasteiger partial charge in [0.15, 0.2) is 0 Å². The van der Waals surface area contributed by atoms with Crippen LogP contribution in [-0.2, 0) is 64.0 Å². The van der Waals surface area contributed by atoms with Gasteiger partial charge in [-0.25, -0.2) is 4.79 Å². The number of thiol groups is 1. The number of aliphatic carboxylic acids is 3. The number of aliphatic hydroxyl groups is 1. The number of amides is 9. The van der Waals surface area contributed by atoms with Crippen LogP contribution in [0.5, 0.6) is 5.75 Å². The maximum Gasteiger partial charge on any atom is 0.326 e. The zero-order valence-corrected chi connectivity index (χ0v) is 43.3. The lowest BCUT2D eigenvalue weighted by Crippen LogP contribution is -2.62. The first kappa shape index (κ1) is 64.0. The number of hydrogen-bond acceptors (Lipinski definition) is 16. The van der Waals surface area contributed by atoms with Gasteiger partial charge in [-0.3, -0.25) is 52.7 Å². The van der Waals surface area contributed by atoms with E-state index < -0.39 is 157 Å². The maximum absolute atomic E-state index is 14.3. The van der Waals surface area contributed by atoms with Gasteiger partial charge in [0, 0.05) is 25.0 Å². The van der Waals surface area contributed by atoms with Crippen LogP contribution >= 0.6 is 12.6 Å². The molecule has 1 aliphatic heterocycles. The lowest BCUT2D eigenvalue weighted by molar-refractivity contribution is -0.143. The van der Waals surface area contributed by atoms with Crippen molar-refractivity contribution >= 4 is 83.7 Å². The van der Waals surface area contributed by atoms with Crippen LogP contribution in [0, 0.1) is 11.8 Å². The molecular weight excluding hydrogens is 1010 g/mol. The first-order valence-corrected chi connectivity index (χ1v) is 24.9. The van der Waals surface area contributed by atoms with Gasteiger partial charge in [0.05, 0.1) is 18.6 Å². The third kappa shape index (κ3) is 23.3. The molecule has 1 aromatic carbocycles. The SMILES string of the molecule is CC(C)C[C@H](NC(=O)[C@H](Cc1ccc(O)cc1)NC(=O)[C@H](CCC(N)=O)NC(=O)[C@H](CS)NC(=O)[C@@H]1CCCN1)C(=O)N[C@@H](CC(=O)O)C(=O)N[C@H](C(=O)N[C@@H](CC(C)C)C(=O)N[C@@H](CCC(=O)O)C(=O)O)[C@@H](C)O. The average molecular weight is 1080 g/mol. The second-order valence-electron chi connectivity index (χ2n) is 19.0. The van der Waals surface area contributed by atoms with Crippen molar-refractivity contribution in [2.24, 2.45) is 17.6 Å². The van der Waals surface area contributed by atoms with Crippen LogP contribution in [0.1, 0.15) is 98.0 Å². The van der Waals surface area contributed by atoms with Crippen molar-refractivity contribution < 1.29 is 83.1 Å². The van der Waals surface area contributed by atoms with E-state index in [9.17, 15) is 78.0 Å². The highest BCUT2D eigenvalue weighted by Crippen LogP contribution is 2.15. The zero-order valence-electron chi connectivity index (χ0n) is 42.4. The van der Waals surface area contributed by atoms with Crippen molar-refractivity contribution in [1.82, 2.24) is 47.9 Å². The number of carbonyl (C=O) groups excluding carboxylic acids is 9. The Morgan fingerprint density at radius 3 is 1.55 bits per heavy atom. The Bertz CT molecular complexity index is 2190. The van der Waals surface area contributed by atoms with E-state index in [4.69, 9.17) is 10.8 Å². The molecule has 1 aromatic rings. The number of aromatic hydroxyl groups is 1. The molecule has 0 aliphatic carbocycles. The second kappa shape index (κ2) is 31.6. The molecule has 0 spiro atoms. The predicted molar refractivity (Wildman–Crippen MR) is 268 cm³/mol. The van der Waals surface area contributed by atoms with Gasteiger partial charge < -0.3 is 79.1 Å². The molecule has 28 heteroatoms. The number of primary amides is 1. The van der Waals surface area contributed by atoms with Gasteiger partial charge in [-0.2, -0.15) is 12.6 Å². The molecule has 2 rings (SSSR count). The topological polar surface area (TPSA) is 440 Å². The van der Waals surface area contributed by atoms with E-state index in [1.807, 2.05) is 0 Å². The molecule has 27 nitrogen and oxygen atoms in total. The van der Waals surface area contributed by atoms with Crippen molar-refractivity contribution in [3.8, 4) is 5.75 Å². The van der Waals surface area contributed by atoms with E-state index in [0.717, 1.165) is 13.3 Å². The van der Waals surface area contributed by atoms with Crippen molar-refractivity contribution in [3.63, 3.8) is 0 Å². The van der Waals surface area contributed by atoms with E-state index in [2.05, 4.69) is 60.5 Å². The Morgan fingerprint density at radius 2 is 1.07 bits per heavy atom. The van der Waals surface area contributed by atoms with Crippen LogP contribution in [0.25, 0.3) is 0 Å². The molecule has 0 bridgehead atoms. The lowest BCUT2D eigenvalue weighted by Gasteiger charge is -2.29. The highest BCUT2D eigenvalue weighted by molar-refractivity contribution is 7.80. The van der Waals surface area contributed by atoms with Gasteiger partial charge >= 0.3 is 17.9 Å². The Morgan fingerprint density at radius 1 is 0.600 bits per heavy atom. The number of carboxylic acids is 3. The Hall–Kier alpha value is -7.07. The molecule has 9 amide bonds. The number of nitrogens with one attached hydrogen (secondary N) is 9. The second-order valence-corrected chi connectivity index (χ2v) is 19.4. The van der Waals surface area contributed by atoms with E-state index >= 15 is 0 Å². The number of nitrogens with two attached hydrogens (primary N) is 1. The molecule has 1 heterocycles. The van der Waals surface area contributed by atoms with Gasteiger partial charge in [-0.1, -0.05) is 39.8 Å². The fourth-order valence-electron chi connectivity index (χ4n) is 7.60. The third-order valence-corrected chi connectivity index (χ3v) is 11.9. The van der Waals surface area contributed by atoms with Gasteiger partial charge in [-0.15, -0.1) is 0 Å². The molecule has 0 aromatic heterocycles. The van der Waals surface area contributed by atoms with Crippen molar-refractivity contribution in [1.29, 1.82) is 0 Å². The Balaban J connectivity index is 2.43. The molecule has 418 valence electrons. The highest BCUT2D eigenvalue weighted by Gasteiger charge is 2.37. The number of benzene rings is 1. The van der Waals surface area contributed by atoms with Crippen LogP contribution in [0.15, 0.2) is 24.3 Å². The first-order chi connectivity index (χ1) is 35.1. The molecule has 75 heavy (non-hydrogen) atoms. The largest absolute Gasteiger partial charge is 0.508 e. The lowest BCUT2D eigenvalue weighted by atomic mass is 10.00. The summed E-state index contributed by atoms with van der Waals surface area (Å²) in [6, 6.07) is -8.04. The minimum Gasteiger partial charge on any atom is -0.508 e. The number of hydrogen-bond donors (Lipinski definition) is 16. The first-order valence-electron chi connectivity index (χ1n) is 24.3. The van der Waals surface area contributed by atoms with Gasteiger partial charge in [0.1, 0.15) is 54.1 Å². The molecule has 0 unspecified atom stereocenters. The molecule has 1 fully saturated rings. The summed E-state index contributed by atoms with van der Waals surface area (Å²) in [4.78, 5) is 156. The summed E-state index contributed by atoms with van der Waals surface area (Å²) in [5.74, 6) is -14.4. The molecule has 1 aliphatic rings. The number of carbonyl (C=O) groups is 12. The van der Waals surface area contributed by atoms with E-state index in [-0.39, 0.29) is 49.0 Å². The van der Waals surface area contributed by atoms with Crippen LogP contribution in [-0.4, -0.2) is 169 Å².